The van der Waals surface area contributed by atoms with Crippen LogP contribution < -0.4 is 5.32 Å². The summed E-state index contributed by atoms with van der Waals surface area (Å²) in [4.78, 5) is 50.6. The van der Waals surface area contributed by atoms with Gasteiger partial charge in [-0.2, -0.15) is 0 Å². The summed E-state index contributed by atoms with van der Waals surface area (Å²) in [5.41, 5.74) is 1.30. The van der Waals surface area contributed by atoms with Crippen LogP contribution in [0.15, 0.2) is 36.4 Å². The number of benzene rings is 2. The summed E-state index contributed by atoms with van der Waals surface area (Å²) >= 11 is 3.03. The van der Waals surface area contributed by atoms with E-state index in [2.05, 4.69) is 21.2 Å². The van der Waals surface area contributed by atoms with E-state index in [1.165, 1.54) is 7.11 Å². The van der Waals surface area contributed by atoms with Crippen molar-refractivity contribution >= 4 is 50.6 Å². The third-order valence-corrected chi connectivity index (χ3v) is 5.65. The summed E-state index contributed by atoms with van der Waals surface area (Å²) < 4.78 is 10.2. The molecule has 1 fully saturated rings. The lowest BCUT2D eigenvalue weighted by Gasteiger charge is -2.34. The fourth-order valence-electron chi connectivity index (χ4n) is 3.34. The first-order valence-electron chi connectivity index (χ1n) is 10.0. The van der Waals surface area contributed by atoms with Crippen LogP contribution in [0.3, 0.4) is 0 Å². The van der Waals surface area contributed by atoms with Gasteiger partial charge in [0.15, 0.2) is 0 Å². The Balaban J connectivity index is 1.48. The number of nitrogens with zero attached hydrogens (tertiary/aromatic N) is 2. The van der Waals surface area contributed by atoms with E-state index >= 15 is 0 Å². The molecule has 1 saturated heterocycles. The number of carbonyl (C=O) groups excluding carboxylic acids is 4. The number of rotatable bonds is 6. The minimum Gasteiger partial charge on any atom is -0.465 e. The van der Waals surface area contributed by atoms with Crippen molar-refractivity contribution in [3.63, 3.8) is 0 Å². The Labute approximate surface area is 193 Å². The standard InChI is InChI=1S/C22H24BrN3O6/c1-31-21(29)18-5-4-16-10-15(2-3-17(16)11-18)14-32-22(30)26-8-6-25(7-9-26)20(28)13-24-19(27)12-23/h2-5,10-11H,6-9,12-14H2,1H3,(H,24,27). The predicted molar refractivity (Wildman–Crippen MR) is 120 cm³/mol. The maximum absolute atomic E-state index is 12.4. The molecule has 3 rings (SSSR count). The van der Waals surface area contributed by atoms with Gasteiger partial charge in [-0.05, 0) is 34.5 Å². The molecule has 1 heterocycles. The minimum atomic E-state index is -0.439. The molecular formula is C22H24BrN3O6. The van der Waals surface area contributed by atoms with Crippen molar-refractivity contribution in [1.82, 2.24) is 15.1 Å². The van der Waals surface area contributed by atoms with Gasteiger partial charge in [0.05, 0.1) is 24.5 Å². The van der Waals surface area contributed by atoms with Crippen LogP contribution in [0.1, 0.15) is 15.9 Å². The Kier molecular flexibility index (Phi) is 8.04. The van der Waals surface area contributed by atoms with Gasteiger partial charge < -0.3 is 24.6 Å². The molecule has 1 aliphatic heterocycles. The van der Waals surface area contributed by atoms with Gasteiger partial charge in [-0.3, -0.25) is 9.59 Å². The predicted octanol–water partition coefficient (Wildman–Crippen LogP) is 1.92. The average molecular weight is 506 g/mol. The number of carbonyl (C=O) groups is 4. The third kappa shape index (κ3) is 5.97. The topological polar surface area (TPSA) is 105 Å². The highest BCUT2D eigenvalue weighted by Crippen LogP contribution is 2.19. The summed E-state index contributed by atoms with van der Waals surface area (Å²) in [6, 6.07) is 10.9. The molecule has 32 heavy (non-hydrogen) atoms. The third-order valence-electron chi connectivity index (χ3n) is 5.14. The first-order valence-corrected chi connectivity index (χ1v) is 11.2. The van der Waals surface area contributed by atoms with E-state index in [0.29, 0.717) is 31.7 Å². The molecule has 170 valence electrons. The zero-order chi connectivity index (χ0) is 23.1. The summed E-state index contributed by atoms with van der Waals surface area (Å²) in [5.74, 6) is -0.826. The van der Waals surface area contributed by atoms with E-state index < -0.39 is 12.1 Å². The lowest BCUT2D eigenvalue weighted by Crippen LogP contribution is -2.52. The lowest BCUT2D eigenvalue weighted by molar-refractivity contribution is -0.133. The number of ether oxygens (including phenoxy) is 2. The Morgan fingerprint density at radius 3 is 2.31 bits per heavy atom. The summed E-state index contributed by atoms with van der Waals surface area (Å²) in [5, 5.41) is 4.47. The van der Waals surface area contributed by atoms with Crippen LogP contribution in [0.2, 0.25) is 0 Å². The zero-order valence-electron chi connectivity index (χ0n) is 17.6. The van der Waals surface area contributed by atoms with Crippen LogP contribution in [0.4, 0.5) is 4.79 Å². The van der Waals surface area contributed by atoms with Gasteiger partial charge in [-0.25, -0.2) is 9.59 Å². The molecule has 0 bridgehead atoms. The maximum Gasteiger partial charge on any atom is 0.410 e. The van der Waals surface area contributed by atoms with Crippen molar-refractivity contribution in [2.24, 2.45) is 0 Å². The number of nitrogens with one attached hydrogen (secondary N) is 1. The quantitative estimate of drug-likeness (QED) is 0.474. The molecule has 3 amide bonds. The van der Waals surface area contributed by atoms with Gasteiger partial charge in [0.1, 0.15) is 6.61 Å². The molecule has 9 nitrogen and oxygen atoms in total. The van der Waals surface area contributed by atoms with Crippen LogP contribution in [-0.4, -0.2) is 78.8 Å². The van der Waals surface area contributed by atoms with Crippen molar-refractivity contribution in [1.29, 1.82) is 0 Å². The van der Waals surface area contributed by atoms with Crippen LogP contribution in [-0.2, 0) is 25.7 Å². The van der Waals surface area contributed by atoms with Gasteiger partial charge in [-0.1, -0.05) is 34.1 Å². The van der Waals surface area contributed by atoms with Gasteiger partial charge in [-0.15, -0.1) is 0 Å². The van der Waals surface area contributed by atoms with E-state index in [1.54, 1.807) is 21.9 Å². The molecular weight excluding hydrogens is 482 g/mol. The van der Waals surface area contributed by atoms with Gasteiger partial charge in [0.2, 0.25) is 11.8 Å². The summed E-state index contributed by atoms with van der Waals surface area (Å²) in [7, 11) is 1.34. The van der Waals surface area contributed by atoms with Crippen molar-refractivity contribution in [2.45, 2.75) is 6.61 Å². The molecule has 0 atom stereocenters. The van der Waals surface area contributed by atoms with Gasteiger partial charge >= 0.3 is 12.1 Å². The number of hydrogen-bond acceptors (Lipinski definition) is 6. The van der Waals surface area contributed by atoms with E-state index in [9.17, 15) is 19.2 Å². The molecule has 0 aliphatic carbocycles. The highest BCUT2D eigenvalue weighted by atomic mass is 79.9. The maximum atomic E-state index is 12.4. The second-order valence-corrected chi connectivity index (χ2v) is 7.78. The molecule has 1 aliphatic rings. The second kappa shape index (κ2) is 10.9. The molecule has 2 aromatic rings. The first-order chi connectivity index (χ1) is 15.4. The number of fused-ring (bicyclic) bond motifs is 1. The zero-order valence-corrected chi connectivity index (χ0v) is 19.2. The number of hydrogen-bond donors (Lipinski definition) is 1. The molecule has 0 saturated carbocycles. The SMILES string of the molecule is COC(=O)c1ccc2cc(COC(=O)N3CCN(C(=O)CNC(=O)CBr)CC3)ccc2c1. The van der Waals surface area contributed by atoms with Gasteiger partial charge in [0, 0.05) is 26.2 Å². The molecule has 0 radical (unpaired) electrons. The van der Waals surface area contributed by atoms with Crippen molar-refractivity contribution in [3.8, 4) is 0 Å². The number of halogens is 1. The highest BCUT2D eigenvalue weighted by Gasteiger charge is 2.25. The van der Waals surface area contributed by atoms with E-state index in [-0.39, 0.29) is 30.3 Å². The normalized spacial score (nSPS) is 13.6. The highest BCUT2D eigenvalue weighted by molar-refractivity contribution is 9.09. The van der Waals surface area contributed by atoms with Crippen LogP contribution in [0.25, 0.3) is 10.8 Å². The van der Waals surface area contributed by atoms with Crippen molar-refractivity contribution in [2.75, 3.05) is 45.2 Å². The van der Waals surface area contributed by atoms with E-state index in [1.807, 2.05) is 24.3 Å². The molecule has 0 unspecified atom stereocenters. The molecule has 0 spiro atoms. The lowest BCUT2D eigenvalue weighted by atomic mass is 10.0. The monoisotopic (exact) mass is 505 g/mol. The summed E-state index contributed by atoms with van der Waals surface area (Å²) in [6.45, 7) is 1.56. The fraction of sp³-hybridized carbons (Fsp3) is 0.364. The number of piperazine rings is 1. The van der Waals surface area contributed by atoms with Crippen LogP contribution >= 0.6 is 15.9 Å². The van der Waals surface area contributed by atoms with Crippen LogP contribution in [0, 0.1) is 0 Å². The largest absolute Gasteiger partial charge is 0.465 e. The Hall–Kier alpha value is -3.14. The van der Waals surface area contributed by atoms with Crippen molar-refractivity contribution < 1.29 is 28.7 Å². The number of amides is 3. The first kappa shape index (κ1) is 23.5. The molecule has 10 heteroatoms. The fourth-order valence-corrected chi connectivity index (χ4v) is 3.54. The van der Waals surface area contributed by atoms with Crippen molar-refractivity contribution in [3.05, 3.63) is 47.5 Å². The molecule has 2 aromatic carbocycles. The van der Waals surface area contributed by atoms with E-state index in [4.69, 9.17) is 9.47 Å². The molecule has 0 aromatic heterocycles. The van der Waals surface area contributed by atoms with E-state index in [0.717, 1.165) is 16.3 Å². The Bertz CT molecular complexity index is 1020. The minimum absolute atomic E-state index is 0.0576. The average Bonchev–Trinajstić information content (AvgIpc) is 2.84. The number of alkyl halides is 1. The Morgan fingerprint density at radius 1 is 0.969 bits per heavy atom. The second-order valence-electron chi connectivity index (χ2n) is 7.22. The number of esters is 1. The summed E-state index contributed by atoms with van der Waals surface area (Å²) in [6.07, 6.45) is -0.439. The van der Waals surface area contributed by atoms with Gasteiger partial charge in [0.25, 0.3) is 0 Å². The smallest absolute Gasteiger partial charge is 0.410 e. The Morgan fingerprint density at radius 2 is 1.62 bits per heavy atom. The number of methoxy groups -OCH3 is 1. The van der Waals surface area contributed by atoms with Crippen LogP contribution in [0.5, 0.6) is 0 Å². The molecule has 1 N–H and O–H groups in total.